The smallest absolute Gasteiger partial charge is 0.159 e. The lowest BCUT2D eigenvalue weighted by Crippen LogP contribution is -2.10. The van der Waals surface area contributed by atoms with Gasteiger partial charge < -0.3 is 10.5 Å². The summed E-state index contributed by atoms with van der Waals surface area (Å²) in [6.45, 7) is 0. The molecule has 5 heteroatoms. The molecule has 2 N–H and O–H groups in total. The number of nitrogens with zero attached hydrogens (tertiary/aromatic N) is 2. The molecule has 1 fully saturated rings. The maximum Gasteiger partial charge on any atom is 0.159 e. The Bertz CT molecular complexity index is 341. The Hall–Kier alpha value is -0.680. The number of halogens is 1. The molecule has 4 nitrogen and oxygen atoms in total. The minimum absolute atomic E-state index is 0.00500. The monoisotopic (exact) mass is 257 g/mol. The van der Waals surface area contributed by atoms with Crippen LogP contribution in [0.5, 0.6) is 0 Å². The molecule has 1 atom stereocenters. The summed E-state index contributed by atoms with van der Waals surface area (Å²) >= 11 is 3.26. The lowest BCUT2D eigenvalue weighted by Gasteiger charge is -2.12. The van der Waals surface area contributed by atoms with Crippen molar-refractivity contribution in [3.05, 3.63) is 16.5 Å². The summed E-state index contributed by atoms with van der Waals surface area (Å²) in [7, 11) is 1.69. The second kappa shape index (κ2) is 3.82. The zero-order valence-electron chi connectivity index (χ0n) is 7.90. The van der Waals surface area contributed by atoms with Crippen molar-refractivity contribution < 1.29 is 4.74 Å². The van der Waals surface area contributed by atoms with Gasteiger partial charge >= 0.3 is 0 Å². The van der Waals surface area contributed by atoms with Crippen LogP contribution >= 0.6 is 15.9 Å². The molecule has 0 spiro atoms. The van der Waals surface area contributed by atoms with Crippen LogP contribution in [-0.4, -0.2) is 17.1 Å². The van der Waals surface area contributed by atoms with Crippen molar-refractivity contribution >= 4 is 21.7 Å². The van der Waals surface area contributed by atoms with Gasteiger partial charge in [0.2, 0.25) is 0 Å². The van der Waals surface area contributed by atoms with Crippen molar-refractivity contribution in [2.75, 3.05) is 12.8 Å². The number of nitrogens with two attached hydrogens (primary N) is 1. The van der Waals surface area contributed by atoms with Gasteiger partial charge in [0.1, 0.15) is 11.9 Å². The van der Waals surface area contributed by atoms with Crippen LogP contribution in [0.15, 0.2) is 10.7 Å². The van der Waals surface area contributed by atoms with E-state index < -0.39 is 0 Å². The third kappa shape index (κ3) is 1.88. The molecule has 1 aliphatic rings. The van der Waals surface area contributed by atoms with E-state index in [1.165, 1.54) is 12.8 Å². The van der Waals surface area contributed by atoms with Crippen LogP contribution in [0.2, 0.25) is 0 Å². The topological polar surface area (TPSA) is 61.0 Å². The van der Waals surface area contributed by atoms with Gasteiger partial charge in [0.25, 0.3) is 0 Å². The largest absolute Gasteiger partial charge is 0.383 e. The van der Waals surface area contributed by atoms with Crippen LogP contribution in [0.3, 0.4) is 0 Å². The van der Waals surface area contributed by atoms with Crippen LogP contribution in [0.25, 0.3) is 0 Å². The molecule has 1 aromatic heterocycles. The highest BCUT2D eigenvalue weighted by molar-refractivity contribution is 9.10. The molecule has 1 unspecified atom stereocenters. The number of anilines is 1. The average molecular weight is 258 g/mol. The molecule has 0 aromatic carbocycles. The first-order chi connectivity index (χ1) is 6.72. The lowest BCUT2D eigenvalue weighted by atomic mass is 10.2. The molecule has 2 rings (SSSR count). The molecule has 76 valence electrons. The minimum atomic E-state index is 0.00500. The molecule has 1 aliphatic carbocycles. The molecule has 1 aromatic rings. The van der Waals surface area contributed by atoms with E-state index in [-0.39, 0.29) is 6.10 Å². The van der Waals surface area contributed by atoms with Gasteiger partial charge in [-0.1, -0.05) is 0 Å². The first-order valence-electron chi connectivity index (χ1n) is 4.53. The molecule has 0 amide bonds. The molecule has 0 bridgehead atoms. The Morgan fingerprint density at radius 3 is 2.86 bits per heavy atom. The maximum atomic E-state index is 5.68. The lowest BCUT2D eigenvalue weighted by molar-refractivity contribution is 0.0773. The number of hydrogen-bond acceptors (Lipinski definition) is 4. The highest BCUT2D eigenvalue weighted by Crippen LogP contribution is 2.42. The number of nitrogen functional groups attached to an aromatic ring is 1. The van der Waals surface area contributed by atoms with Gasteiger partial charge in [-0.2, -0.15) is 0 Å². The standard InChI is InChI=1S/C9H12BrN3O/c1-14-7(5-2-3-5)9-12-4-6(10)8(11)13-9/h4-5,7H,2-3H2,1H3,(H2,11,12,13). The summed E-state index contributed by atoms with van der Waals surface area (Å²) in [5, 5.41) is 0. The minimum Gasteiger partial charge on any atom is -0.383 e. The Balaban J connectivity index is 2.25. The summed E-state index contributed by atoms with van der Waals surface area (Å²) in [4.78, 5) is 8.41. The van der Waals surface area contributed by atoms with E-state index in [4.69, 9.17) is 10.5 Å². The van der Waals surface area contributed by atoms with Crippen LogP contribution in [0, 0.1) is 5.92 Å². The maximum absolute atomic E-state index is 5.68. The van der Waals surface area contributed by atoms with Gasteiger partial charge in [-0.15, -0.1) is 0 Å². The Kier molecular flexibility index (Phi) is 2.69. The van der Waals surface area contributed by atoms with E-state index in [1.807, 2.05) is 0 Å². The molecule has 0 radical (unpaired) electrons. The van der Waals surface area contributed by atoms with Gasteiger partial charge in [-0.05, 0) is 34.7 Å². The predicted molar refractivity (Wildman–Crippen MR) is 56.6 cm³/mol. The van der Waals surface area contributed by atoms with E-state index >= 15 is 0 Å². The Labute approximate surface area is 91.0 Å². The van der Waals surface area contributed by atoms with Crippen LogP contribution < -0.4 is 5.73 Å². The van der Waals surface area contributed by atoms with Crippen molar-refractivity contribution in [1.29, 1.82) is 0 Å². The zero-order valence-corrected chi connectivity index (χ0v) is 9.49. The SMILES string of the molecule is COC(c1ncc(Br)c(N)n1)C1CC1. The number of aromatic nitrogens is 2. The van der Waals surface area contributed by atoms with E-state index in [9.17, 15) is 0 Å². The fourth-order valence-corrected chi connectivity index (χ4v) is 1.63. The van der Waals surface area contributed by atoms with Crippen LogP contribution in [-0.2, 0) is 4.74 Å². The zero-order chi connectivity index (χ0) is 10.1. The number of hydrogen-bond donors (Lipinski definition) is 1. The fraction of sp³-hybridized carbons (Fsp3) is 0.556. The first kappa shape index (κ1) is 9.86. The fourth-order valence-electron chi connectivity index (χ4n) is 1.44. The van der Waals surface area contributed by atoms with Crippen molar-refractivity contribution in [2.24, 2.45) is 5.92 Å². The molecule has 0 saturated heterocycles. The van der Waals surface area contributed by atoms with E-state index in [1.54, 1.807) is 13.3 Å². The highest BCUT2D eigenvalue weighted by Gasteiger charge is 2.34. The molecular formula is C9H12BrN3O. The average Bonchev–Trinajstić information content (AvgIpc) is 2.96. The molecule has 0 aliphatic heterocycles. The summed E-state index contributed by atoms with van der Waals surface area (Å²) < 4.78 is 6.09. The van der Waals surface area contributed by atoms with Crippen molar-refractivity contribution in [1.82, 2.24) is 9.97 Å². The highest BCUT2D eigenvalue weighted by atomic mass is 79.9. The normalized spacial score (nSPS) is 18.1. The number of methoxy groups -OCH3 is 1. The summed E-state index contributed by atoms with van der Waals surface area (Å²) in [5.74, 6) is 1.73. The van der Waals surface area contributed by atoms with Gasteiger partial charge in [0.05, 0.1) is 4.47 Å². The van der Waals surface area contributed by atoms with Crippen molar-refractivity contribution in [3.8, 4) is 0 Å². The molecule has 14 heavy (non-hydrogen) atoms. The quantitative estimate of drug-likeness (QED) is 0.899. The van der Waals surface area contributed by atoms with Gasteiger partial charge in [0.15, 0.2) is 5.82 Å². The van der Waals surface area contributed by atoms with E-state index in [0.717, 1.165) is 4.47 Å². The van der Waals surface area contributed by atoms with Crippen molar-refractivity contribution in [2.45, 2.75) is 18.9 Å². The van der Waals surface area contributed by atoms with E-state index in [2.05, 4.69) is 25.9 Å². The summed E-state index contributed by atoms with van der Waals surface area (Å²) in [6, 6.07) is 0. The van der Waals surface area contributed by atoms with Crippen LogP contribution in [0.1, 0.15) is 24.8 Å². The third-order valence-corrected chi connectivity index (χ3v) is 2.96. The Morgan fingerprint density at radius 2 is 2.36 bits per heavy atom. The first-order valence-corrected chi connectivity index (χ1v) is 5.32. The van der Waals surface area contributed by atoms with Gasteiger partial charge in [-0.25, -0.2) is 9.97 Å². The molecule has 1 heterocycles. The number of rotatable bonds is 3. The molecular weight excluding hydrogens is 246 g/mol. The number of ether oxygens (including phenoxy) is 1. The van der Waals surface area contributed by atoms with E-state index in [0.29, 0.717) is 17.6 Å². The van der Waals surface area contributed by atoms with Gasteiger partial charge in [-0.3, -0.25) is 0 Å². The Morgan fingerprint density at radius 1 is 1.64 bits per heavy atom. The summed E-state index contributed by atoms with van der Waals surface area (Å²) in [6.07, 6.45) is 4.06. The van der Waals surface area contributed by atoms with Gasteiger partial charge in [0, 0.05) is 13.3 Å². The second-order valence-electron chi connectivity index (χ2n) is 3.46. The third-order valence-electron chi connectivity index (χ3n) is 2.35. The van der Waals surface area contributed by atoms with Crippen LogP contribution in [0.4, 0.5) is 5.82 Å². The van der Waals surface area contributed by atoms with Crippen molar-refractivity contribution in [3.63, 3.8) is 0 Å². The second-order valence-corrected chi connectivity index (χ2v) is 4.31. The summed E-state index contributed by atoms with van der Waals surface area (Å²) in [5.41, 5.74) is 5.68. The predicted octanol–water partition coefficient (Wildman–Crippen LogP) is 1.92. The molecule has 1 saturated carbocycles.